The normalized spacial score (nSPS) is 23.8. The number of halogens is 1. The van der Waals surface area contributed by atoms with E-state index in [0.29, 0.717) is 77.2 Å². The van der Waals surface area contributed by atoms with Gasteiger partial charge >= 0.3 is 5.97 Å². The number of phenols is 2. The highest BCUT2D eigenvalue weighted by Crippen LogP contribution is 2.29. The van der Waals surface area contributed by atoms with Gasteiger partial charge in [0.2, 0.25) is 88.6 Å². The van der Waals surface area contributed by atoms with Crippen molar-refractivity contribution in [3.8, 4) is 11.5 Å². The number of unbranched alkanes of at least 4 members (excludes halogenated alkanes) is 2. The molecule has 15 N–H and O–H groups in total. The molecule has 0 radical (unpaired) electrons. The number of nitrogens with zero attached hydrogens (tertiary/aromatic N) is 5. The Labute approximate surface area is 771 Å². The van der Waals surface area contributed by atoms with E-state index in [-0.39, 0.29) is 101 Å². The second-order valence-corrected chi connectivity index (χ2v) is 35.9. The number of aromatic nitrogens is 1. The Morgan fingerprint density at radius 1 is 0.492 bits per heavy atom. The number of rotatable bonds is 24. The quantitative estimate of drug-likeness (QED) is 0.0409. The van der Waals surface area contributed by atoms with Crippen LogP contribution in [0.5, 0.6) is 11.5 Å². The van der Waals surface area contributed by atoms with E-state index in [1.807, 2.05) is 13.8 Å². The molecular weight excluding hydrogens is 1720 g/mol. The first kappa shape index (κ1) is 103. The number of carboxylic acid groups (broad SMARTS) is 1. The number of benzene rings is 5. The molecule has 15 amide bonds. The first-order valence-corrected chi connectivity index (χ1v) is 46.2. The maximum Gasteiger partial charge on any atom is 0.305 e. The summed E-state index contributed by atoms with van der Waals surface area (Å²) in [5, 5.41) is 56.3. The zero-order valence-electron chi connectivity index (χ0n) is 76.1. The molecule has 3 aliphatic heterocycles. The molecule has 0 bridgehead atoms. The number of fused-ring (bicyclic) bond motifs is 3. The van der Waals surface area contributed by atoms with E-state index in [1.54, 1.807) is 88.5 Å². The van der Waals surface area contributed by atoms with Crippen LogP contribution < -0.4 is 53.6 Å². The summed E-state index contributed by atoms with van der Waals surface area (Å²) >= 11 is 0.796. The maximum absolute atomic E-state index is 15.8. The standard InChI is InChI=1S/C95H125FN16O19S/c1-10-12-26-74-88(124)105-72(47-60-34-40-64(114)41-35-60)92(128)111-42-20-19-28-75(111)89(125)103-69(49-61-51-98-66-25-18-17-24-65(61)66)86(122)102-68(45-59-32-38-63(113)39-33-59)85(121)101-67(44-55(3)4)84(120)106-73(83(119)99-52-79(97)115)53-132-54-80(116)100-71(46-58-30-36-62(96)37-31-58)91(127)110(9)78(48-57-22-15-14-16-23-57)93(129)109(8)77(27-13-11-2)94(130)112-43-21-29-76(112)90(126)104-70(50-81(117)118)87(123)107-82(56(5)6)95(131)108(74)7/h14-18,22-25,30-41,51,55-56,67-78,82,98,113-114H,10-13,19-21,26-29,42-50,52-54H2,1-9H3,(H2,97,115)(H,99,119)(H,100,116)(H,101,121)(H,102,122)(H,103,125)(H,104,126)(H,105,124)(H,106,120)(H,107,123)(H,117,118)/t67-,68-,69-,70-,71-,72-,73-,74-,75+,76+,77-,78-,82-/m0/s1. The summed E-state index contributed by atoms with van der Waals surface area (Å²) in [5.74, 6) is -17.7. The number of aromatic amines is 1. The Morgan fingerprint density at radius 2 is 0.977 bits per heavy atom. The van der Waals surface area contributed by atoms with Crippen molar-refractivity contribution < 1.29 is 96.4 Å². The Balaban J connectivity index is 1.13. The van der Waals surface area contributed by atoms with E-state index in [0.717, 1.165) is 33.7 Å². The van der Waals surface area contributed by atoms with Gasteiger partial charge in [-0.3, -0.25) is 76.7 Å². The van der Waals surface area contributed by atoms with Gasteiger partial charge in [0.05, 0.1) is 18.7 Å². The zero-order valence-corrected chi connectivity index (χ0v) is 76.9. The van der Waals surface area contributed by atoms with Crippen LogP contribution in [0.2, 0.25) is 0 Å². The predicted octanol–water partition coefficient (Wildman–Crippen LogP) is 3.87. The lowest BCUT2D eigenvalue weighted by molar-refractivity contribution is -0.152. The topological polar surface area (TPSA) is 500 Å². The molecule has 132 heavy (non-hydrogen) atoms. The number of aliphatic carboxylic acids is 1. The predicted molar refractivity (Wildman–Crippen MR) is 490 cm³/mol. The lowest BCUT2D eigenvalue weighted by atomic mass is 9.96. The third-order valence-corrected chi connectivity index (χ3v) is 25.1. The van der Waals surface area contributed by atoms with Gasteiger partial charge in [-0.15, -0.1) is 11.8 Å². The highest BCUT2D eigenvalue weighted by Gasteiger charge is 2.46. The number of hydrogen-bond acceptors (Lipinski definition) is 19. The smallest absolute Gasteiger partial charge is 0.305 e. The Kier molecular flexibility index (Phi) is 38.4. The molecule has 6 aromatic rings. The van der Waals surface area contributed by atoms with Crippen molar-refractivity contribution in [2.45, 2.75) is 236 Å². The fourth-order valence-electron chi connectivity index (χ4n) is 16.7. The molecule has 0 saturated carbocycles. The molecule has 1 aromatic heterocycles. The largest absolute Gasteiger partial charge is 0.508 e. The SMILES string of the molecule is CCCC[C@H]1C(=O)N[C@@H](Cc2ccc(O)cc2)C(=O)N2CCCC[C@@H]2C(=O)N[C@@H](Cc2c[nH]c3ccccc23)C(=O)N[C@@H](Cc2ccc(O)cc2)C(=O)N[C@@H](CC(C)C)C(=O)N[C@H](C(=O)NCC(N)=O)CSCC(=O)N[C@@H](Cc2ccc(F)cc2)C(=O)N(C)[C@@H](Cc2ccccc2)C(=O)N(C)[C@@H](CCCC)C(=O)N2CCC[C@@H]2C(=O)N[C@@H](CC(=O)O)C(=O)N[C@@H](C(C)C)C(=O)N1C. The van der Waals surface area contributed by atoms with Crippen molar-refractivity contribution in [3.63, 3.8) is 0 Å². The van der Waals surface area contributed by atoms with Gasteiger partial charge in [0.25, 0.3) is 0 Å². The first-order chi connectivity index (χ1) is 62.9. The summed E-state index contributed by atoms with van der Waals surface area (Å²) in [7, 11) is 4.04. The number of piperidine rings is 1. The number of thioether (sulfide) groups is 1. The first-order valence-electron chi connectivity index (χ1n) is 45.0. The van der Waals surface area contributed by atoms with Crippen molar-refractivity contribution >= 4 is 117 Å². The molecular formula is C95H125FN16O19S. The Bertz CT molecular complexity index is 5050. The average Bonchev–Trinajstić information content (AvgIpc) is 1.33. The molecule has 3 saturated heterocycles. The number of amides is 15. The van der Waals surface area contributed by atoms with Crippen LogP contribution in [0.15, 0.2) is 134 Å². The van der Waals surface area contributed by atoms with Crippen molar-refractivity contribution in [3.05, 3.63) is 167 Å². The second kappa shape index (κ2) is 49.3. The van der Waals surface area contributed by atoms with Gasteiger partial charge < -0.3 is 98.4 Å². The lowest BCUT2D eigenvalue weighted by Crippen LogP contribution is -2.63. The monoisotopic (exact) mass is 1840 g/mol. The molecule has 4 heterocycles. The molecule has 3 fully saturated rings. The minimum atomic E-state index is -1.89. The van der Waals surface area contributed by atoms with E-state index >= 15 is 47.9 Å². The number of para-hydroxylation sites is 1. The van der Waals surface area contributed by atoms with Crippen LogP contribution in [0.4, 0.5) is 4.39 Å². The summed E-state index contributed by atoms with van der Waals surface area (Å²) in [6, 6.07) is 12.8. The number of carboxylic acids is 1. The number of primary amides is 1. The van der Waals surface area contributed by atoms with Crippen molar-refractivity contribution in [1.29, 1.82) is 0 Å². The molecule has 37 heteroatoms. The van der Waals surface area contributed by atoms with E-state index in [2.05, 4.69) is 52.8 Å². The molecule has 13 atom stereocenters. The summed E-state index contributed by atoms with van der Waals surface area (Å²) in [6.45, 7) is 9.59. The summed E-state index contributed by atoms with van der Waals surface area (Å²) in [5.41, 5.74) is 8.44. The summed E-state index contributed by atoms with van der Waals surface area (Å²) in [6.07, 6.45) is 2.11. The van der Waals surface area contributed by atoms with Gasteiger partial charge in [0.15, 0.2) is 0 Å². The number of nitrogens with one attached hydrogen (secondary N) is 10. The maximum atomic E-state index is 15.8. The van der Waals surface area contributed by atoms with Crippen LogP contribution in [-0.2, 0) is 109 Å². The molecule has 9 rings (SSSR count). The lowest BCUT2D eigenvalue weighted by Gasteiger charge is -2.38. The molecule has 0 unspecified atom stereocenters. The Hall–Kier alpha value is -13.0. The second-order valence-electron chi connectivity index (χ2n) is 34.9. The number of phenolic OH excluding ortho intramolecular Hbond substituents is 2. The average molecular weight is 1850 g/mol. The van der Waals surface area contributed by atoms with E-state index < -0.39 is 209 Å². The summed E-state index contributed by atoms with van der Waals surface area (Å²) in [4.78, 5) is 248. The molecule has 712 valence electrons. The van der Waals surface area contributed by atoms with Crippen LogP contribution in [0, 0.1) is 17.7 Å². The molecule has 35 nitrogen and oxygen atoms in total. The van der Waals surface area contributed by atoms with Crippen LogP contribution in [0.25, 0.3) is 10.9 Å². The van der Waals surface area contributed by atoms with Crippen LogP contribution >= 0.6 is 11.8 Å². The zero-order chi connectivity index (χ0) is 96.2. The molecule has 5 aromatic carbocycles. The van der Waals surface area contributed by atoms with Gasteiger partial charge in [0.1, 0.15) is 95.9 Å². The molecule has 0 spiro atoms. The van der Waals surface area contributed by atoms with Gasteiger partial charge in [-0.2, -0.15) is 0 Å². The van der Waals surface area contributed by atoms with Crippen molar-refractivity contribution in [2.24, 2.45) is 17.6 Å². The number of carbonyl (C=O) groups is 16. The van der Waals surface area contributed by atoms with E-state index in [4.69, 9.17) is 5.73 Å². The number of nitrogens with two attached hydrogens (primary N) is 1. The third kappa shape index (κ3) is 29.0. The minimum Gasteiger partial charge on any atom is -0.508 e. The number of H-pyrrole nitrogens is 1. The van der Waals surface area contributed by atoms with Gasteiger partial charge in [-0.1, -0.05) is 152 Å². The van der Waals surface area contributed by atoms with Gasteiger partial charge in [-0.25, -0.2) is 4.39 Å². The highest BCUT2D eigenvalue weighted by molar-refractivity contribution is 8.00. The number of carbonyl (C=O) groups excluding carboxylic acids is 15. The fourth-order valence-corrected chi connectivity index (χ4v) is 17.6. The van der Waals surface area contributed by atoms with Gasteiger partial charge in [-0.05, 0) is 133 Å². The van der Waals surface area contributed by atoms with Crippen LogP contribution in [0.1, 0.15) is 153 Å². The molecule has 0 aliphatic carbocycles. The highest BCUT2D eigenvalue weighted by atomic mass is 32.2. The minimum absolute atomic E-state index is 0.00605. The van der Waals surface area contributed by atoms with E-state index in [1.165, 1.54) is 96.5 Å². The van der Waals surface area contributed by atoms with Gasteiger partial charge in [0, 0.05) is 89.2 Å². The van der Waals surface area contributed by atoms with Crippen molar-refractivity contribution in [1.82, 2.24) is 77.3 Å². The van der Waals surface area contributed by atoms with Crippen LogP contribution in [0.3, 0.4) is 0 Å². The Morgan fingerprint density at radius 3 is 1.57 bits per heavy atom. The van der Waals surface area contributed by atoms with E-state index in [9.17, 15) is 48.5 Å². The number of likely N-dealkylation sites (N-methyl/N-ethyl adjacent to an activating group) is 3. The summed E-state index contributed by atoms with van der Waals surface area (Å²) < 4.78 is 14.6. The number of hydrogen-bond donors (Lipinski definition) is 14. The van der Waals surface area contributed by atoms with Crippen LogP contribution in [-0.4, -0.2) is 270 Å². The third-order valence-electron chi connectivity index (χ3n) is 24.1. The number of aromatic hydroxyl groups is 2. The molecule has 3 aliphatic rings. The van der Waals surface area contributed by atoms with Crippen molar-refractivity contribution in [2.75, 3.05) is 52.3 Å². The fraction of sp³-hybridized carbons (Fsp3) is 0.495.